The zero-order valence-corrected chi connectivity index (χ0v) is 10.7. The van der Waals surface area contributed by atoms with Gasteiger partial charge in [0, 0.05) is 5.56 Å². The Balaban J connectivity index is 2.24. The van der Waals surface area contributed by atoms with E-state index in [0.29, 0.717) is 0 Å². The third-order valence-electron chi connectivity index (χ3n) is 2.70. The van der Waals surface area contributed by atoms with Crippen molar-refractivity contribution in [2.45, 2.75) is 0 Å². The second-order valence-corrected chi connectivity index (χ2v) is 4.07. The Morgan fingerprint density at radius 2 is 2.05 bits per heavy atom. The number of amides is 1. The summed E-state index contributed by atoms with van der Waals surface area (Å²) >= 11 is 0. The molecule has 0 aliphatic rings. The third-order valence-corrected chi connectivity index (χ3v) is 2.70. The van der Waals surface area contributed by atoms with Crippen LogP contribution in [0, 0.1) is 5.82 Å². The molecule has 0 aromatic heterocycles. The van der Waals surface area contributed by atoms with Crippen molar-refractivity contribution in [3.05, 3.63) is 47.8 Å². The lowest BCUT2D eigenvalue weighted by atomic mass is 10.1. The maximum absolute atomic E-state index is 13.1. The third kappa shape index (κ3) is 2.80. The van der Waals surface area contributed by atoms with E-state index >= 15 is 0 Å². The molecule has 0 heterocycles. The number of hydrogen-bond donors (Lipinski definition) is 3. The van der Waals surface area contributed by atoms with Crippen LogP contribution in [-0.4, -0.2) is 18.1 Å². The highest BCUT2D eigenvalue weighted by molar-refractivity contribution is 6.06. The molecule has 0 unspecified atom stereocenters. The molecule has 2 aromatic carbocycles. The highest BCUT2D eigenvalue weighted by Crippen LogP contribution is 2.27. The smallest absolute Gasteiger partial charge is 0.255 e. The van der Waals surface area contributed by atoms with E-state index in [9.17, 15) is 14.3 Å². The van der Waals surface area contributed by atoms with Gasteiger partial charge in [0.25, 0.3) is 5.91 Å². The summed E-state index contributed by atoms with van der Waals surface area (Å²) in [5.74, 6) is -0.925. The molecule has 2 rings (SSSR count). The van der Waals surface area contributed by atoms with Gasteiger partial charge in [0.2, 0.25) is 0 Å². The molecule has 0 saturated carbocycles. The maximum atomic E-state index is 13.1. The molecular formula is C14H13FN2O3. The molecule has 4 N–H and O–H groups in total. The quantitative estimate of drug-likeness (QED) is 0.751. The van der Waals surface area contributed by atoms with Crippen molar-refractivity contribution in [2.24, 2.45) is 0 Å². The van der Waals surface area contributed by atoms with Crippen LogP contribution in [0.3, 0.4) is 0 Å². The van der Waals surface area contributed by atoms with Crippen LogP contribution in [0.25, 0.3) is 0 Å². The van der Waals surface area contributed by atoms with Crippen LogP contribution < -0.4 is 15.8 Å². The summed E-state index contributed by atoms with van der Waals surface area (Å²) in [7, 11) is 1.41. The number of ether oxygens (including phenoxy) is 1. The fourth-order valence-corrected chi connectivity index (χ4v) is 1.66. The number of carbonyl (C=O) groups excluding carboxylic acids is 1. The minimum absolute atomic E-state index is 0.160. The summed E-state index contributed by atoms with van der Waals surface area (Å²) in [5, 5.41) is 12.1. The Labute approximate surface area is 114 Å². The molecule has 0 fully saturated rings. The highest BCUT2D eigenvalue weighted by Gasteiger charge is 2.11. The molecule has 104 valence electrons. The molecule has 20 heavy (non-hydrogen) atoms. The van der Waals surface area contributed by atoms with Crippen LogP contribution in [0.1, 0.15) is 10.4 Å². The van der Waals surface area contributed by atoms with Crippen LogP contribution in [-0.2, 0) is 0 Å². The summed E-state index contributed by atoms with van der Waals surface area (Å²) in [6, 6.07) is 7.86. The number of methoxy groups -OCH3 is 1. The zero-order chi connectivity index (χ0) is 14.7. The standard InChI is InChI=1S/C14H13FN2O3/c1-20-13-5-2-8(6-12(13)18)14(19)17-11-7-9(15)3-4-10(11)16/h2-7,18H,16H2,1H3,(H,17,19). The van der Waals surface area contributed by atoms with Crippen LogP contribution in [0.2, 0.25) is 0 Å². The molecule has 0 aliphatic carbocycles. The van der Waals surface area contributed by atoms with E-state index in [1.165, 1.54) is 37.4 Å². The molecule has 0 atom stereocenters. The van der Waals surface area contributed by atoms with Crippen molar-refractivity contribution in [3.8, 4) is 11.5 Å². The van der Waals surface area contributed by atoms with Gasteiger partial charge in [-0.2, -0.15) is 0 Å². The molecule has 0 aliphatic heterocycles. The van der Waals surface area contributed by atoms with Crippen molar-refractivity contribution in [3.63, 3.8) is 0 Å². The Morgan fingerprint density at radius 1 is 1.30 bits per heavy atom. The normalized spacial score (nSPS) is 10.1. The molecule has 0 spiro atoms. The Morgan fingerprint density at radius 3 is 2.70 bits per heavy atom. The first kappa shape index (κ1) is 13.7. The first-order valence-corrected chi connectivity index (χ1v) is 5.74. The average molecular weight is 276 g/mol. The van der Waals surface area contributed by atoms with Gasteiger partial charge in [0.1, 0.15) is 5.82 Å². The number of nitrogens with one attached hydrogen (secondary N) is 1. The predicted octanol–water partition coefficient (Wildman–Crippen LogP) is 2.37. The molecule has 5 nitrogen and oxygen atoms in total. The summed E-state index contributed by atoms with van der Waals surface area (Å²) in [6.45, 7) is 0. The Kier molecular flexibility index (Phi) is 3.74. The second kappa shape index (κ2) is 5.48. The molecule has 1 amide bonds. The molecule has 0 radical (unpaired) electrons. The number of nitrogen functional groups attached to an aromatic ring is 1. The number of hydrogen-bond acceptors (Lipinski definition) is 4. The Hall–Kier alpha value is -2.76. The van der Waals surface area contributed by atoms with Crippen LogP contribution in [0.4, 0.5) is 15.8 Å². The lowest BCUT2D eigenvalue weighted by Crippen LogP contribution is -2.13. The maximum Gasteiger partial charge on any atom is 0.255 e. The number of phenols is 1. The van der Waals surface area contributed by atoms with Crippen molar-refractivity contribution in [2.75, 3.05) is 18.2 Å². The number of aromatic hydroxyl groups is 1. The van der Waals surface area contributed by atoms with E-state index < -0.39 is 11.7 Å². The van der Waals surface area contributed by atoms with Gasteiger partial charge < -0.3 is 20.9 Å². The predicted molar refractivity (Wildman–Crippen MR) is 73.4 cm³/mol. The monoisotopic (exact) mass is 276 g/mol. The van der Waals surface area contributed by atoms with E-state index in [0.717, 1.165) is 6.07 Å². The van der Waals surface area contributed by atoms with Crippen molar-refractivity contribution >= 4 is 17.3 Å². The number of phenolic OH excluding ortho intramolecular Hbond substituents is 1. The number of nitrogens with two attached hydrogens (primary N) is 1. The Bertz CT molecular complexity index is 659. The highest BCUT2D eigenvalue weighted by atomic mass is 19.1. The summed E-state index contributed by atoms with van der Waals surface area (Å²) in [4.78, 5) is 12.0. The van der Waals surface area contributed by atoms with Gasteiger partial charge in [0.15, 0.2) is 11.5 Å². The second-order valence-electron chi connectivity index (χ2n) is 4.07. The number of carbonyl (C=O) groups is 1. The van der Waals surface area contributed by atoms with Crippen molar-refractivity contribution in [1.29, 1.82) is 0 Å². The first-order chi connectivity index (χ1) is 9.51. The number of rotatable bonds is 3. The average Bonchev–Trinajstić information content (AvgIpc) is 2.42. The van der Waals surface area contributed by atoms with Gasteiger partial charge in [-0.05, 0) is 36.4 Å². The van der Waals surface area contributed by atoms with E-state index in [4.69, 9.17) is 10.5 Å². The topological polar surface area (TPSA) is 84.6 Å². The van der Waals surface area contributed by atoms with Crippen LogP contribution in [0.15, 0.2) is 36.4 Å². The van der Waals surface area contributed by atoms with E-state index in [2.05, 4.69) is 5.32 Å². The zero-order valence-electron chi connectivity index (χ0n) is 10.7. The van der Waals surface area contributed by atoms with E-state index in [-0.39, 0.29) is 28.4 Å². The molecular weight excluding hydrogens is 263 g/mol. The summed E-state index contributed by atoms with van der Waals surface area (Å²) in [6.07, 6.45) is 0. The van der Waals surface area contributed by atoms with Crippen LogP contribution in [0.5, 0.6) is 11.5 Å². The SMILES string of the molecule is COc1ccc(C(=O)Nc2cc(F)ccc2N)cc1O. The van der Waals surface area contributed by atoms with Gasteiger partial charge in [-0.3, -0.25) is 4.79 Å². The van der Waals surface area contributed by atoms with Crippen LogP contribution >= 0.6 is 0 Å². The molecule has 6 heteroatoms. The number of halogens is 1. The van der Waals surface area contributed by atoms with Gasteiger partial charge in [-0.15, -0.1) is 0 Å². The fraction of sp³-hybridized carbons (Fsp3) is 0.0714. The number of anilines is 2. The van der Waals surface area contributed by atoms with Gasteiger partial charge in [-0.25, -0.2) is 4.39 Å². The molecule has 2 aromatic rings. The van der Waals surface area contributed by atoms with Crippen molar-refractivity contribution in [1.82, 2.24) is 0 Å². The van der Waals surface area contributed by atoms with Gasteiger partial charge in [0.05, 0.1) is 18.5 Å². The largest absolute Gasteiger partial charge is 0.504 e. The molecule has 0 saturated heterocycles. The summed E-state index contributed by atoms with van der Waals surface area (Å²) < 4.78 is 18.0. The first-order valence-electron chi connectivity index (χ1n) is 5.74. The van der Waals surface area contributed by atoms with E-state index in [1.54, 1.807) is 0 Å². The summed E-state index contributed by atoms with van der Waals surface area (Å²) in [5.41, 5.74) is 6.26. The van der Waals surface area contributed by atoms with Gasteiger partial charge >= 0.3 is 0 Å². The minimum atomic E-state index is -0.514. The van der Waals surface area contributed by atoms with Crippen molar-refractivity contribution < 1.29 is 19.0 Å². The van der Waals surface area contributed by atoms with E-state index in [1.807, 2.05) is 0 Å². The number of benzene rings is 2. The molecule has 0 bridgehead atoms. The van der Waals surface area contributed by atoms with Gasteiger partial charge in [-0.1, -0.05) is 0 Å². The minimum Gasteiger partial charge on any atom is -0.504 e. The fourth-order valence-electron chi connectivity index (χ4n) is 1.66. The lowest BCUT2D eigenvalue weighted by molar-refractivity contribution is 0.102. The lowest BCUT2D eigenvalue weighted by Gasteiger charge is -2.09.